The van der Waals surface area contributed by atoms with Crippen molar-refractivity contribution in [2.45, 2.75) is 57.4 Å². The highest BCUT2D eigenvalue weighted by Gasteiger charge is 2.48. The number of cyclic esters (lactones) is 1. The first-order valence-electron chi connectivity index (χ1n) is 10.2. The van der Waals surface area contributed by atoms with Crippen molar-refractivity contribution in [2.75, 3.05) is 4.43 Å². The zero-order chi connectivity index (χ0) is 21.7. The van der Waals surface area contributed by atoms with Crippen LogP contribution in [0.5, 0.6) is 0 Å². The molecule has 1 amide bonds. The Kier molecular flexibility index (Phi) is 7.39. The minimum Gasteiger partial charge on any atom is -0.453 e. The quantitative estimate of drug-likeness (QED) is 0.282. The van der Waals surface area contributed by atoms with Gasteiger partial charge in [-0.15, -0.1) is 0 Å². The number of carbonyl (C=O) groups is 2. The molecule has 0 N–H and O–H groups in total. The van der Waals surface area contributed by atoms with Gasteiger partial charge < -0.3 is 9.47 Å². The molecule has 1 heterocycles. The van der Waals surface area contributed by atoms with E-state index in [2.05, 4.69) is 22.6 Å². The largest absolute Gasteiger partial charge is 0.453 e. The molecule has 160 valence electrons. The molecule has 1 aliphatic rings. The fourth-order valence-electron chi connectivity index (χ4n) is 3.68. The Bertz CT molecular complexity index is 851. The van der Waals surface area contributed by atoms with Crippen LogP contribution < -0.4 is 0 Å². The number of morpholine rings is 1. The fraction of sp³-hybridized carbons (Fsp3) is 0.417. The van der Waals surface area contributed by atoms with E-state index in [0.29, 0.717) is 6.42 Å². The van der Waals surface area contributed by atoms with Gasteiger partial charge in [0.1, 0.15) is 17.7 Å². The average molecular weight is 521 g/mol. The van der Waals surface area contributed by atoms with Crippen molar-refractivity contribution in [3.63, 3.8) is 0 Å². The number of esters is 1. The third-order valence-electron chi connectivity index (χ3n) is 4.92. The van der Waals surface area contributed by atoms with Gasteiger partial charge in [0.2, 0.25) is 0 Å². The van der Waals surface area contributed by atoms with Crippen LogP contribution in [0.25, 0.3) is 0 Å². The summed E-state index contributed by atoms with van der Waals surface area (Å²) in [6.07, 6.45) is 0.236. The lowest BCUT2D eigenvalue weighted by molar-refractivity contribution is -0.174. The van der Waals surface area contributed by atoms with E-state index in [0.717, 1.165) is 22.0 Å². The number of hydrogen-bond donors (Lipinski definition) is 0. The van der Waals surface area contributed by atoms with Crippen molar-refractivity contribution in [1.82, 2.24) is 4.90 Å². The molecule has 1 fully saturated rings. The van der Waals surface area contributed by atoms with Gasteiger partial charge in [0.15, 0.2) is 6.10 Å². The van der Waals surface area contributed by atoms with Crippen LogP contribution in [0.1, 0.15) is 56.9 Å². The topological polar surface area (TPSA) is 55.8 Å². The maximum atomic E-state index is 13.4. The van der Waals surface area contributed by atoms with Crippen molar-refractivity contribution >= 4 is 34.7 Å². The molecule has 0 saturated carbocycles. The molecular weight excluding hydrogens is 493 g/mol. The molecule has 3 atom stereocenters. The Balaban J connectivity index is 2.11. The van der Waals surface area contributed by atoms with Crippen LogP contribution in [-0.2, 0) is 14.3 Å². The molecule has 5 nitrogen and oxygen atoms in total. The van der Waals surface area contributed by atoms with Crippen LogP contribution in [0.3, 0.4) is 0 Å². The number of nitrogens with zero attached hydrogens (tertiary/aromatic N) is 1. The van der Waals surface area contributed by atoms with Gasteiger partial charge in [-0.2, -0.15) is 0 Å². The molecular formula is C24H28INO4. The Morgan fingerprint density at radius 3 is 2.13 bits per heavy atom. The third-order valence-corrected chi connectivity index (χ3v) is 5.68. The molecule has 0 aromatic heterocycles. The first kappa shape index (κ1) is 22.6. The lowest BCUT2D eigenvalue weighted by Crippen LogP contribution is -2.55. The van der Waals surface area contributed by atoms with E-state index < -0.39 is 29.9 Å². The highest BCUT2D eigenvalue weighted by atomic mass is 127. The van der Waals surface area contributed by atoms with Crippen molar-refractivity contribution in [2.24, 2.45) is 0 Å². The second kappa shape index (κ2) is 9.81. The first-order valence-corrected chi connectivity index (χ1v) is 11.7. The van der Waals surface area contributed by atoms with Crippen LogP contribution in [-0.4, -0.2) is 33.0 Å². The molecule has 3 rings (SSSR count). The van der Waals surface area contributed by atoms with Gasteiger partial charge in [-0.25, -0.2) is 9.59 Å². The molecule has 1 saturated heterocycles. The highest BCUT2D eigenvalue weighted by molar-refractivity contribution is 14.1. The van der Waals surface area contributed by atoms with Crippen molar-refractivity contribution in [1.29, 1.82) is 0 Å². The Morgan fingerprint density at radius 1 is 1.03 bits per heavy atom. The van der Waals surface area contributed by atoms with Crippen LogP contribution in [0, 0.1) is 0 Å². The molecule has 0 aliphatic carbocycles. The predicted molar refractivity (Wildman–Crippen MR) is 124 cm³/mol. The summed E-state index contributed by atoms with van der Waals surface area (Å²) in [5.41, 5.74) is 1.08. The lowest BCUT2D eigenvalue weighted by Gasteiger charge is -2.45. The lowest BCUT2D eigenvalue weighted by atomic mass is 9.90. The van der Waals surface area contributed by atoms with Crippen LogP contribution >= 0.6 is 22.6 Å². The second-order valence-corrected chi connectivity index (χ2v) is 9.44. The van der Waals surface area contributed by atoms with E-state index in [9.17, 15) is 9.59 Å². The molecule has 0 unspecified atom stereocenters. The molecule has 0 bridgehead atoms. The summed E-state index contributed by atoms with van der Waals surface area (Å²) in [5.74, 6) is -0.383. The number of hydrogen-bond acceptors (Lipinski definition) is 4. The standard InChI is InChI=1S/C24H28INO4/c1-24(2,3)30-23(28)26-19(15-10-16-25)22(27)29-21(18-13-8-5-9-14-18)20(26)17-11-6-4-7-12-17/h4-9,11-14,19-21H,10,15-16H2,1-3H3/t19-,20-,21+/m0/s1. The van der Waals surface area contributed by atoms with Gasteiger partial charge in [0.25, 0.3) is 0 Å². The Morgan fingerprint density at radius 2 is 1.60 bits per heavy atom. The summed E-state index contributed by atoms with van der Waals surface area (Å²) in [7, 11) is 0. The molecule has 0 radical (unpaired) electrons. The number of alkyl halides is 1. The molecule has 2 aromatic rings. The zero-order valence-corrected chi connectivity index (χ0v) is 19.7. The minimum absolute atomic E-state index is 0.383. The van der Waals surface area contributed by atoms with E-state index >= 15 is 0 Å². The van der Waals surface area contributed by atoms with Crippen LogP contribution in [0.2, 0.25) is 0 Å². The minimum atomic E-state index is -0.681. The SMILES string of the molecule is CC(C)(C)OC(=O)N1[C@@H](CCCI)C(=O)O[C@H](c2ccccc2)[C@@H]1c1ccccc1. The van der Waals surface area contributed by atoms with E-state index in [-0.39, 0.29) is 5.97 Å². The van der Waals surface area contributed by atoms with Gasteiger partial charge in [-0.1, -0.05) is 83.3 Å². The Labute approximate surface area is 191 Å². The number of halogens is 1. The monoisotopic (exact) mass is 521 g/mol. The zero-order valence-electron chi connectivity index (χ0n) is 17.6. The summed E-state index contributed by atoms with van der Waals surface area (Å²) in [6.45, 7) is 5.50. The number of amides is 1. The van der Waals surface area contributed by atoms with Crippen molar-refractivity contribution in [3.05, 3.63) is 71.8 Å². The number of ether oxygens (including phenoxy) is 2. The predicted octanol–water partition coefficient (Wildman–Crippen LogP) is 5.85. The van der Waals surface area contributed by atoms with Crippen LogP contribution in [0.15, 0.2) is 60.7 Å². The average Bonchev–Trinajstić information content (AvgIpc) is 2.72. The van der Waals surface area contributed by atoms with E-state index in [1.54, 1.807) is 4.90 Å². The smallest absolute Gasteiger partial charge is 0.411 e. The molecule has 1 aliphatic heterocycles. The molecule has 6 heteroatoms. The fourth-order valence-corrected chi connectivity index (χ4v) is 4.12. The van der Waals surface area contributed by atoms with E-state index in [1.807, 2.05) is 81.4 Å². The number of rotatable bonds is 5. The summed E-state index contributed by atoms with van der Waals surface area (Å²) < 4.78 is 12.6. The maximum absolute atomic E-state index is 13.4. The highest BCUT2D eigenvalue weighted by Crippen LogP contribution is 2.43. The second-order valence-electron chi connectivity index (χ2n) is 8.36. The maximum Gasteiger partial charge on any atom is 0.411 e. The van der Waals surface area contributed by atoms with E-state index in [4.69, 9.17) is 9.47 Å². The number of carbonyl (C=O) groups excluding carboxylic acids is 2. The van der Waals surface area contributed by atoms with Gasteiger partial charge in [-0.05, 0) is 49.2 Å². The summed E-state index contributed by atoms with van der Waals surface area (Å²) >= 11 is 2.28. The van der Waals surface area contributed by atoms with Gasteiger partial charge in [0.05, 0.1) is 0 Å². The van der Waals surface area contributed by atoms with Gasteiger partial charge >= 0.3 is 12.1 Å². The Hall–Kier alpha value is -2.09. The van der Waals surface area contributed by atoms with Gasteiger partial charge in [0, 0.05) is 0 Å². The van der Waals surface area contributed by atoms with E-state index in [1.165, 1.54) is 0 Å². The third kappa shape index (κ3) is 5.33. The normalized spacial score (nSPS) is 21.8. The summed E-state index contributed by atoms with van der Waals surface area (Å²) in [6, 6.07) is 18.2. The summed E-state index contributed by atoms with van der Waals surface area (Å²) in [5, 5.41) is 0. The first-order chi connectivity index (χ1) is 14.3. The van der Waals surface area contributed by atoms with Crippen molar-refractivity contribution in [3.8, 4) is 0 Å². The summed E-state index contributed by atoms with van der Waals surface area (Å²) in [4.78, 5) is 28.1. The molecule has 2 aromatic carbocycles. The molecule has 0 spiro atoms. The number of benzene rings is 2. The van der Waals surface area contributed by atoms with Crippen molar-refractivity contribution < 1.29 is 19.1 Å². The van der Waals surface area contributed by atoms with Gasteiger partial charge in [-0.3, -0.25) is 4.90 Å². The molecule has 30 heavy (non-hydrogen) atoms. The van der Waals surface area contributed by atoms with Crippen LogP contribution in [0.4, 0.5) is 4.79 Å².